The third kappa shape index (κ3) is 6.13. The Labute approximate surface area is 161 Å². The minimum absolute atomic E-state index is 0.0165. The second-order valence-corrected chi connectivity index (χ2v) is 6.87. The van der Waals surface area contributed by atoms with Gasteiger partial charge >= 0.3 is 0 Å². The summed E-state index contributed by atoms with van der Waals surface area (Å²) in [6.07, 6.45) is 0.254. The standard InChI is InChI=1S/C22H28N2O3/c1-16(2)23-22(26)17(3)24(15-19-11-8-12-20(13-19)27-4)21(25)14-18-9-6-5-7-10-18/h5-13,16-17H,14-15H2,1-4H3,(H,23,26)/t17-/m1/s1. The highest BCUT2D eigenvalue weighted by Gasteiger charge is 2.26. The SMILES string of the molecule is COc1cccc(CN(C(=O)Cc2ccccc2)[C@H](C)C(=O)NC(C)C)c1. The molecule has 2 rings (SSSR count). The molecule has 0 bridgehead atoms. The van der Waals surface area contributed by atoms with Gasteiger partial charge in [0.2, 0.25) is 11.8 Å². The molecule has 0 heterocycles. The molecular weight excluding hydrogens is 340 g/mol. The van der Waals surface area contributed by atoms with Crippen molar-refractivity contribution in [2.75, 3.05) is 7.11 Å². The van der Waals surface area contributed by atoms with E-state index in [2.05, 4.69) is 5.32 Å². The van der Waals surface area contributed by atoms with E-state index in [4.69, 9.17) is 4.74 Å². The summed E-state index contributed by atoms with van der Waals surface area (Å²) in [7, 11) is 1.61. The fourth-order valence-corrected chi connectivity index (χ4v) is 2.83. The molecule has 0 aliphatic heterocycles. The van der Waals surface area contributed by atoms with Crippen LogP contribution in [0.1, 0.15) is 31.9 Å². The molecule has 5 nitrogen and oxygen atoms in total. The lowest BCUT2D eigenvalue weighted by atomic mass is 10.1. The van der Waals surface area contributed by atoms with E-state index in [1.54, 1.807) is 18.9 Å². The van der Waals surface area contributed by atoms with E-state index in [9.17, 15) is 9.59 Å². The molecule has 2 amide bonds. The van der Waals surface area contributed by atoms with Crippen LogP contribution in [0.2, 0.25) is 0 Å². The minimum Gasteiger partial charge on any atom is -0.497 e. The van der Waals surface area contributed by atoms with E-state index in [0.717, 1.165) is 16.9 Å². The fourth-order valence-electron chi connectivity index (χ4n) is 2.83. The van der Waals surface area contributed by atoms with E-state index >= 15 is 0 Å². The Bertz CT molecular complexity index is 759. The van der Waals surface area contributed by atoms with E-state index in [0.29, 0.717) is 6.54 Å². The fraction of sp³-hybridized carbons (Fsp3) is 0.364. The number of methoxy groups -OCH3 is 1. The summed E-state index contributed by atoms with van der Waals surface area (Å²) >= 11 is 0. The molecule has 144 valence electrons. The first-order valence-corrected chi connectivity index (χ1v) is 9.17. The average molecular weight is 368 g/mol. The van der Waals surface area contributed by atoms with Gasteiger partial charge in [0.1, 0.15) is 11.8 Å². The lowest BCUT2D eigenvalue weighted by molar-refractivity contribution is -0.140. The van der Waals surface area contributed by atoms with Crippen molar-refractivity contribution in [3.05, 3.63) is 65.7 Å². The number of ether oxygens (including phenoxy) is 1. The van der Waals surface area contributed by atoms with E-state index in [1.807, 2.05) is 68.4 Å². The summed E-state index contributed by atoms with van der Waals surface area (Å²) < 4.78 is 5.27. The van der Waals surface area contributed by atoms with Crippen LogP contribution in [0.15, 0.2) is 54.6 Å². The van der Waals surface area contributed by atoms with Gasteiger partial charge in [-0.25, -0.2) is 0 Å². The number of amides is 2. The van der Waals surface area contributed by atoms with Crippen molar-refractivity contribution in [1.29, 1.82) is 0 Å². The van der Waals surface area contributed by atoms with Gasteiger partial charge < -0.3 is 15.0 Å². The van der Waals surface area contributed by atoms with Crippen LogP contribution < -0.4 is 10.1 Å². The van der Waals surface area contributed by atoms with Crippen LogP contribution >= 0.6 is 0 Å². The van der Waals surface area contributed by atoms with Gasteiger partial charge in [-0.05, 0) is 44.0 Å². The van der Waals surface area contributed by atoms with Gasteiger partial charge in [-0.3, -0.25) is 9.59 Å². The molecule has 0 aromatic heterocycles. The monoisotopic (exact) mass is 368 g/mol. The first-order chi connectivity index (χ1) is 12.9. The molecule has 1 atom stereocenters. The number of benzene rings is 2. The highest BCUT2D eigenvalue weighted by Crippen LogP contribution is 2.17. The zero-order valence-corrected chi connectivity index (χ0v) is 16.4. The molecule has 0 aliphatic carbocycles. The molecule has 0 spiro atoms. The first-order valence-electron chi connectivity index (χ1n) is 9.17. The highest BCUT2D eigenvalue weighted by atomic mass is 16.5. The maximum absolute atomic E-state index is 13.0. The highest BCUT2D eigenvalue weighted by molar-refractivity contribution is 5.88. The van der Waals surface area contributed by atoms with Crippen molar-refractivity contribution in [2.45, 2.75) is 45.8 Å². The molecule has 0 fully saturated rings. The summed E-state index contributed by atoms with van der Waals surface area (Å²) in [6, 6.07) is 16.6. The van der Waals surface area contributed by atoms with Crippen molar-refractivity contribution in [3.63, 3.8) is 0 Å². The Hall–Kier alpha value is -2.82. The molecule has 5 heteroatoms. The number of hydrogen-bond donors (Lipinski definition) is 1. The Morgan fingerprint density at radius 3 is 2.30 bits per heavy atom. The van der Waals surface area contributed by atoms with Crippen LogP contribution in [-0.2, 0) is 22.6 Å². The van der Waals surface area contributed by atoms with Gasteiger partial charge in [0.15, 0.2) is 0 Å². The molecule has 2 aromatic rings. The van der Waals surface area contributed by atoms with E-state index < -0.39 is 6.04 Å². The number of hydrogen-bond acceptors (Lipinski definition) is 3. The van der Waals surface area contributed by atoms with Gasteiger partial charge in [0.05, 0.1) is 13.5 Å². The molecule has 0 saturated heterocycles. The normalized spacial score (nSPS) is 11.7. The third-order valence-electron chi connectivity index (χ3n) is 4.28. The van der Waals surface area contributed by atoms with Gasteiger partial charge in [-0.15, -0.1) is 0 Å². The van der Waals surface area contributed by atoms with Crippen molar-refractivity contribution in [1.82, 2.24) is 10.2 Å². The van der Waals surface area contributed by atoms with Crippen molar-refractivity contribution >= 4 is 11.8 Å². The zero-order chi connectivity index (χ0) is 19.8. The second kappa shape index (κ2) is 9.76. The molecule has 1 N–H and O–H groups in total. The lowest BCUT2D eigenvalue weighted by Crippen LogP contribution is -2.49. The maximum Gasteiger partial charge on any atom is 0.242 e. The Kier molecular flexibility index (Phi) is 7.41. The second-order valence-electron chi connectivity index (χ2n) is 6.87. The Morgan fingerprint density at radius 1 is 1.00 bits per heavy atom. The Morgan fingerprint density at radius 2 is 1.67 bits per heavy atom. The largest absolute Gasteiger partial charge is 0.497 e. The summed E-state index contributed by atoms with van der Waals surface area (Å²) in [5.74, 6) is 0.479. The zero-order valence-electron chi connectivity index (χ0n) is 16.4. The molecule has 0 unspecified atom stereocenters. The van der Waals surface area contributed by atoms with Gasteiger partial charge in [0, 0.05) is 12.6 Å². The summed E-state index contributed by atoms with van der Waals surface area (Å²) in [6.45, 7) is 5.92. The van der Waals surface area contributed by atoms with Crippen LogP contribution in [0.5, 0.6) is 5.75 Å². The minimum atomic E-state index is -0.574. The van der Waals surface area contributed by atoms with Crippen LogP contribution in [0.25, 0.3) is 0 Å². The predicted octanol–water partition coefficient (Wildman–Crippen LogP) is 3.18. The van der Waals surface area contributed by atoms with Crippen molar-refractivity contribution in [3.8, 4) is 5.75 Å². The molecular formula is C22H28N2O3. The summed E-state index contributed by atoms with van der Waals surface area (Å²) in [4.78, 5) is 27.2. The molecule has 2 aromatic carbocycles. The molecule has 0 saturated carbocycles. The summed E-state index contributed by atoms with van der Waals surface area (Å²) in [5, 5.41) is 2.89. The van der Waals surface area contributed by atoms with Crippen molar-refractivity contribution < 1.29 is 14.3 Å². The lowest BCUT2D eigenvalue weighted by Gasteiger charge is -2.29. The van der Waals surface area contributed by atoms with Crippen LogP contribution in [0.4, 0.5) is 0 Å². The van der Waals surface area contributed by atoms with Gasteiger partial charge in [0.25, 0.3) is 0 Å². The van der Waals surface area contributed by atoms with Gasteiger partial charge in [-0.1, -0.05) is 42.5 Å². The van der Waals surface area contributed by atoms with Crippen LogP contribution in [0.3, 0.4) is 0 Å². The molecule has 0 radical (unpaired) electrons. The number of nitrogens with zero attached hydrogens (tertiary/aromatic N) is 1. The third-order valence-corrected chi connectivity index (χ3v) is 4.28. The number of carbonyl (C=O) groups is 2. The van der Waals surface area contributed by atoms with Gasteiger partial charge in [-0.2, -0.15) is 0 Å². The maximum atomic E-state index is 13.0. The number of nitrogens with one attached hydrogen (secondary N) is 1. The smallest absolute Gasteiger partial charge is 0.242 e. The molecule has 27 heavy (non-hydrogen) atoms. The van der Waals surface area contributed by atoms with Crippen LogP contribution in [-0.4, -0.2) is 35.9 Å². The Balaban J connectivity index is 2.23. The quantitative estimate of drug-likeness (QED) is 0.779. The number of carbonyl (C=O) groups excluding carboxylic acids is 2. The van der Waals surface area contributed by atoms with E-state index in [-0.39, 0.29) is 24.3 Å². The van der Waals surface area contributed by atoms with Crippen LogP contribution in [0, 0.1) is 0 Å². The number of rotatable bonds is 8. The summed E-state index contributed by atoms with van der Waals surface area (Å²) in [5.41, 5.74) is 1.84. The first kappa shape index (κ1) is 20.5. The topological polar surface area (TPSA) is 58.6 Å². The van der Waals surface area contributed by atoms with Crippen molar-refractivity contribution in [2.24, 2.45) is 0 Å². The van der Waals surface area contributed by atoms with E-state index in [1.165, 1.54) is 0 Å². The predicted molar refractivity (Wildman–Crippen MR) is 106 cm³/mol. The average Bonchev–Trinajstić information content (AvgIpc) is 2.66. The molecule has 0 aliphatic rings.